The number of hydrogen-bond acceptors (Lipinski definition) is 5. The molecule has 7 heteroatoms. The molecule has 0 unspecified atom stereocenters. The number of carboxylic acid groups (broad SMARTS) is 1. The number of nitrogens with zero attached hydrogens (tertiary/aromatic N) is 1. The van der Waals surface area contributed by atoms with Crippen LogP contribution < -0.4 is 15.4 Å². The molecule has 0 bridgehead atoms. The van der Waals surface area contributed by atoms with E-state index in [0.717, 1.165) is 49.2 Å². The minimum atomic E-state index is -1.02. The number of pyridine rings is 1. The van der Waals surface area contributed by atoms with Crippen LogP contribution in [0.3, 0.4) is 0 Å². The lowest BCUT2D eigenvalue weighted by Gasteiger charge is -2.33. The summed E-state index contributed by atoms with van der Waals surface area (Å²) in [5, 5.41) is 15.4. The molecule has 0 aliphatic heterocycles. The Kier molecular flexibility index (Phi) is 8.09. The van der Waals surface area contributed by atoms with Gasteiger partial charge in [-0.15, -0.1) is 0 Å². The number of ether oxygens (including phenoxy) is 1. The van der Waals surface area contributed by atoms with Gasteiger partial charge in [0.05, 0.1) is 6.61 Å². The maximum Gasteiger partial charge on any atom is 0.326 e. The van der Waals surface area contributed by atoms with Crippen LogP contribution in [-0.2, 0) is 22.4 Å². The lowest BCUT2D eigenvalue weighted by Crippen LogP contribution is -2.49. The Morgan fingerprint density at radius 3 is 2.50 bits per heavy atom. The number of carbonyl (C=O) groups is 2. The van der Waals surface area contributed by atoms with E-state index in [4.69, 9.17) is 4.74 Å². The van der Waals surface area contributed by atoms with Crippen molar-refractivity contribution < 1.29 is 19.4 Å². The second-order valence-electron chi connectivity index (χ2n) is 8.70. The predicted octanol–water partition coefficient (Wildman–Crippen LogP) is 3.83. The van der Waals surface area contributed by atoms with E-state index in [-0.39, 0.29) is 12.3 Å². The molecule has 1 amide bonds. The van der Waals surface area contributed by atoms with E-state index in [1.54, 1.807) is 0 Å². The van der Waals surface area contributed by atoms with Crippen LogP contribution in [0.4, 0.5) is 5.82 Å². The number of aromatic nitrogens is 1. The lowest BCUT2D eigenvalue weighted by molar-refractivity contribution is -0.144. The standard InChI is InChI=1S/C25H33N3O4/c1-25(14-4-3-5-15-25)24(31)28-21(23(29)30)17-18-9-11-20(12-10-18)32-16-13-19-7-6-8-22(26-2)27-19/h6-12,21H,3-5,13-17H2,1-2H3,(H,26,27)(H,28,31)(H,29,30)/t21-/m0/s1. The highest BCUT2D eigenvalue weighted by molar-refractivity contribution is 5.87. The van der Waals surface area contributed by atoms with Crippen LogP contribution in [0, 0.1) is 5.41 Å². The first-order valence-corrected chi connectivity index (χ1v) is 11.3. The second kappa shape index (κ2) is 11.0. The van der Waals surface area contributed by atoms with E-state index < -0.39 is 17.4 Å². The molecule has 1 heterocycles. The van der Waals surface area contributed by atoms with Gasteiger partial charge < -0.3 is 20.5 Å². The minimum Gasteiger partial charge on any atom is -0.493 e. The molecule has 3 N–H and O–H groups in total. The molecule has 0 spiro atoms. The zero-order valence-electron chi connectivity index (χ0n) is 18.9. The minimum absolute atomic E-state index is 0.152. The van der Waals surface area contributed by atoms with Crippen LogP contribution in [-0.4, -0.2) is 41.7 Å². The monoisotopic (exact) mass is 439 g/mol. The number of anilines is 1. The summed E-state index contributed by atoms with van der Waals surface area (Å²) in [7, 11) is 1.83. The van der Waals surface area contributed by atoms with Crippen molar-refractivity contribution in [2.75, 3.05) is 19.0 Å². The summed E-state index contributed by atoms with van der Waals surface area (Å²) in [6.45, 7) is 2.43. The highest BCUT2D eigenvalue weighted by Crippen LogP contribution is 2.36. The molecule has 1 aliphatic carbocycles. The van der Waals surface area contributed by atoms with Crippen LogP contribution in [0.15, 0.2) is 42.5 Å². The van der Waals surface area contributed by atoms with Gasteiger partial charge in [0.25, 0.3) is 0 Å². The average molecular weight is 440 g/mol. The van der Waals surface area contributed by atoms with Crippen LogP contribution in [0.5, 0.6) is 5.75 Å². The van der Waals surface area contributed by atoms with E-state index >= 15 is 0 Å². The lowest BCUT2D eigenvalue weighted by atomic mass is 9.75. The molecule has 1 aromatic carbocycles. The molecule has 1 saturated carbocycles. The van der Waals surface area contributed by atoms with Crippen molar-refractivity contribution in [3.05, 3.63) is 53.7 Å². The molecular formula is C25H33N3O4. The van der Waals surface area contributed by atoms with Crippen molar-refractivity contribution in [3.8, 4) is 5.75 Å². The third-order valence-electron chi connectivity index (χ3n) is 6.16. The maximum absolute atomic E-state index is 12.8. The van der Waals surface area contributed by atoms with Gasteiger partial charge in [-0.25, -0.2) is 9.78 Å². The summed E-state index contributed by atoms with van der Waals surface area (Å²) < 4.78 is 5.80. The summed E-state index contributed by atoms with van der Waals surface area (Å²) in [5.74, 6) is 0.364. The number of amides is 1. The molecule has 172 valence electrons. The molecule has 2 aromatic rings. The number of benzene rings is 1. The number of rotatable bonds is 10. The van der Waals surface area contributed by atoms with Gasteiger partial charge in [0.2, 0.25) is 5.91 Å². The zero-order valence-corrected chi connectivity index (χ0v) is 18.9. The average Bonchev–Trinajstić information content (AvgIpc) is 2.80. The highest BCUT2D eigenvalue weighted by Gasteiger charge is 2.36. The number of nitrogens with one attached hydrogen (secondary N) is 2. The van der Waals surface area contributed by atoms with Gasteiger partial charge >= 0.3 is 5.97 Å². The summed E-state index contributed by atoms with van der Waals surface area (Å²) in [6.07, 6.45) is 5.71. The Hall–Kier alpha value is -3.09. The van der Waals surface area contributed by atoms with Gasteiger partial charge in [0, 0.05) is 31.0 Å². The third-order valence-corrected chi connectivity index (χ3v) is 6.16. The van der Waals surface area contributed by atoms with Crippen LogP contribution >= 0.6 is 0 Å². The smallest absolute Gasteiger partial charge is 0.326 e. The Morgan fingerprint density at radius 2 is 1.84 bits per heavy atom. The summed E-state index contributed by atoms with van der Waals surface area (Å²) in [4.78, 5) is 29.0. The maximum atomic E-state index is 12.8. The fraction of sp³-hybridized carbons (Fsp3) is 0.480. The fourth-order valence-corrected chi connectivity index (χ4v) is 4.08. The second-order valence-corrected chi connectivity index (χ2v) is 8.70. The Labute approximate surface area is 189 Å². The SMILES string of the molecule is CNc1cccc(CCOc2ccc(C[C@H](NC(=O)C3(C)CCCCC3)C(=O)O)cc2)n1. The van der Waals surface area contributed by atoms with Gasteiger partial charge in [-0.1, -0.05) is 44.4 Å². The molecule has 3 rings (SSSR count). The van der Waals surface area contributed by atoms with E-state index in [1.165, 1.54) is 0 Å². The van der Waals surface area contributed by atoms with Crippen molar-refractivity contribution in [1.29, 1.82) is 0 Å². The fourth-order valence-electron chi connectivity index (χ4n) is 4.08. The van der Waals surface area contributed by atoms with Crippen molar-refractivity contribution in [2.45, 2.75) is 57.9 Å². The summed E-state index contributed by atoms with van der Waals surface area (Å²) in [6, 6.07) is 12.2. The first-order chi connectivity index (χ1) is 15.4. The van der Waals surface area contributed by atoms with Gasteiger partial charge in [-0.3, -0.25) is 4.79 Å². The molecule has 1 atom stereocenters. The van der Waals surface area contributed by atoms with Crippen molar-refractivity contribution >= 4 is 17.7 Å². The summed E-state index contributed by atoms with van der Waals surface area (Å²) in [5.41, 5.74) is 1.31. The molecule has 1 aliphatic rings. The topological polar surface area (TPSA) is 101 Å². The molecular weight excluding hydrogens is 406 g/mol. The Bertz CT molecular complexity index is 908. The van der Waals surface area contributed by atoms with Gasteiger partial charge in [-0.2, -0.15) is 0 Å². The Morgan fingerprint density at radius 1 is 1.12 bits per heavy atom. The van der Waals surface area contributed by atoms with E-state index in [0.29, 0.717) is 18.8 Å². The van der Waals surface area contributed by atoms with Crippen LogP contribution in [0.2, 0.25) is 0 Å². The molecule has 0 radical (unpaired) electrons. The van der Waals surface area contributed by atoms with Crippen LogP contribution in [0.25, 0.3) is 0 Å². The summed E-state index contributed by atoms with van der Waals surface area (Å²) >= 11 is 0. The first-order valence-electron chi connectivity index (χ1n) is 11.3. The highest BCUT2D eigenvalue weighted by atomic mass is 16.5. The number of carbonyl (C=O) groups excluding carboxylic acids is 1. The molecule has 7 nitrogen and oxygen atoms in total. The molecule has 1 fully saturated rings. The molecule has 1 aromatic heterocycles. The zero-order chi connectivity index (χ0) is 23.0. The van der Waals surface area contributed by atoms with Crippen molar-refractivity contribution in [2.24, 2.45) is 5.41 Å². The van der Waals surface area contributed by atoms with Gasteiger partial charge in [0.1, 0.15) is 17.6 Å². The van der Waals surface area contributed by atoms with Crippen molar-refractivity contribution in [1.82, 2.24) is 10.3 Å². The van der Waals surface area contributed by atoms with E-state index in [9.17, 15) is 14.7 Å². The third kappa shape index (κ3) is 6.45. The van der Waals surface area contributed by atoms with Gasteiger partial charge in [-0.05, 0) is 42.7 Å². The normalized spacial score (nSPS) is 16.1. The number of carboxylic acids is 1. The van der Waals surface area contributed by atoms with Crippen molar-refractivity contribution in [3.63, 3.8) is 0 Å². The van der Waals surface area contributed by atoms with Crippen LogP contribution in [0.1, 0.15) is 50.3 Å². The molecule has 32 heavy (non-hydrogen) atoms. The number of aliphatic carboxylic acids is 1. The number of hydrogen-bond donors (Lipinski definition) is 3. The molecule has 0 saturated heterocycles. The van der Waals surface area contributed by atoms with E-state index in [1.807, 2.05) is 56.4 Å². The largest absolute Gasteiger partial charge is 0.493 e. The quantitative estimate of drug-likeness (QED) is 0.520. The van der Waals surface area contributed by atoms with Gasteiger partial charge in [0.15, 0.2) is 0 Å². The van der Waals surface area contributed by atoms with E-state index in [2.05, 4.69) is 15.6 Å². The first kappa shape index (κ1) is 23.6. The predicted molar refractivity (Wildman–Crippen MR) is 124 cm³/mol. The Balaban J connectivity index is 1.52.